The Kier molecular flexibility index (Phi) is 5.42. The third-order valence-corrected chi connectivity index (χ3v) is 4.02. The van der Waals surface area contributed by atoms with E-state index in [9.17, 15) is 18.0 Å². The predicted molar refractivity (Wildman–Crippen MR) is 84.3 cm³/mol. The fraction of sp³-hybridized carbons (Fsp3) is 0.588. The second kappa shape index (κ2) is 7.01. The first-order valence-corrected chi connectivity index (χ1v) is 8.03. The number of para-hydroxylation sites is 1. The van der Waals surface area contributed by atoms with Crippen LogP contribution < -0.4 is 10.2 Å². The van der Waals surface area contributed by atoms with Crippen LogP contribution in [0, 0.1) is 5.41 Å². The number of carbonyl (C=O) groups excluding carboxylic acids is 1. The molecule has 4 nitrogen and oxygen atoms in total. The van der Waals surface area contributed by atoms with E-state index in [-0.39, 0.29) is 17.9 Å². The lowest BCUT2D eigenvalue weighted by Gasteiger charge is -2.31. The molecule has 24 heavy (non-hydrogen) atoms. The van der Waals surface area contributed by atoms with Crippen molar-refractivity contribution in [3.05, 3.63) is 29.8 Å². The molecule has 1 N–H and O–H groups in total. The van der Waals surface area contributed by atoms with Crippen LogP contribution in [0.25, 0.3) is 0 Å². The summed E-state index contributed by atoms with van der Waals surface area (Å²) in [5.74, 6) is -0.214. The number of alkyl halides is 3. The van der Waals surface area contributed by atoms with Gasteiger partial charge in [-0.05, 0) is 26.3 Å². The minimum absolute atomic E-state index is 0.0131. The molecule has 1 aliphatic rings. The number of nitrogens with zero attached hydrogens (tertiary/aromatic N) is 1. The topological polar surface area (TPSA) is 41.6 Å². The molecule has 1 aromatic rings. The number of carbonyl (C=O) groups is 1. The number of ether oxygens (including phenoxy) is 1. The first-order chi connectivity index (χ1) is 11.2. The largest absolute Gasteiger partial charge is 0.493 e. The Hall–Kier alpha value is -1.76. The lowest BCUT2D eigenvalue weighted by molar-refractivity contribution is -0.192. The standard InChI is InChI=1S/C17H23F3N2O2/c1-4-5-10-24-13-9-7-6-8-12(13)14(17(18,19)20)22-11-16(2,3)15(23)21-22/h6-9,14H,4-5,10-11H2,1-3H3,(H,21,23). The Morgan fingerprint density at radius 1 is 1.33 bits per heavy atom. The van der Waals surface area contributed by atoms with Crippen molar-refractivity contribution in [2.75, 3.05) is 13.2 Å². The van der Waals surface area contributed by atoms with Gasteiger partial charge in [0, 0.05) is 12.1 Å². The van der Waals surface area contributed by atoms with Gasteiger partial charge in [-0.25, -0.2) is 5.01 Å². The van der Waals surface area contributed by atoms with Crippen LogP contribution >= 0.6 is 0 Å². The molecule has 1 unspecified atom stereocenters. The summed E-state index contributed by atoms with van der Waals surface area (Å²) in [7, 11) is 0. The summed E-state index contributed by atoms with van der Waals surface area (Å²) in [5.41, 5.74) is 1.50. The monoisotopic (exact) mass is 344 g/mol. The molecule has 0 spiro atoms. The van der Waals surface area contributed by atoms with E-state index in [0.717, 1.165) is 17.9 Å². The number of hydrazine groups is 1. The zero-order valence-electron chi connectivity index (χ0n) is 14.1. The zero-order valence-corrected chi connectivity index (χ0v) is 14.1. The first kappa shape index (κ1) is 18.6. The highest BCUT2D eigenvalue weighted by Gasteiger charge is 2.51. The van der Waals surface area contributed by atoms with Gasteiger partial charge in [0.2, 0.25) is 5.91 Å². The van der Waals surface area contributed by atoms with Gasteiger partial charge in [0.15, 0.2) is 6.04 Å². The molecule has 1 fully saturated rings. The summed E-state index contributed by atoms with van der Waals surface area (Å²) >= 11 is 0. The lowest BCUT2D eigenvalue weighted by Crippen LogP contribution is -2.43. The molecule has 1 aromatic carbocycles. The van der Waals surface area contributed by atoms with Gasteiger partial charge >= 0.3 is 6.18 Å². The third kappa shape index (κ3) is 4.01. The van der Waals surface area contributed by atoms with E-state index in [1.807, 2.05) is 6.92 Å². The molecule has 2 rings (SSSR count). The quantitative estimate of drug-likeness (QED) is 0.797. The average Bonchev–Trinajstić information content (AvgIpc) is 2.73. The van der Waals surface area contributed by atoms with Gasteiger partial charge in [-0.1, -0.05) is 31.5 Å². The van der Waals surface area contributed by atoms with Gasteiger partial charge in [-0.3, -0.25) is 10.2 Å². The Balaban J connectivity index is 2.35. The number of nitrogens with one attached hydrogen (secondary N) is 1. The summed E-state index contributed by atoms with van der Waals surface area (Å²) in [6.07, 6.45) is -2.89. The number of unbranched alkanes of at least 4 members (excludes halogenated alkanes) is 1. The molecule has 1 atom stereocenters. The molecular weight excluding hydrogens is 321 g/mol. The smallest absolute Gasteiger partial charge is 0.410 e. The maximum Gasteiger partial charge on any atom is 0.410 e. The van der Waals surface area contributed by atoms with E-state index >= 15 is 0 Å². The number of rotatable bonds is 6. The van der Waals surface area contributed by atoms with Crippen molar-refractivity contribution in [2.45, 2.75) is 45.8 Å². The average molecular weight is 344 g/mol. The predicted octanol–water partition coefficient (Wildman–Crippen LogP) is 3.84. The Bertz CT molecular complexity index is 587. The maximum atomic E-state index is 13.8. The van der Waals surface area contributed by atoms with E-state index in [0.29, 0.717) is 6.61 Å². The fourth-order valence-corrected chi connectivity index (χ4v) is 2.66. The van der Waals surface area contributed by atoms with Gasteiger partial charge < -0.3 is 4.74 Å². The summed E-state index contributed by atoms with van der Waals surface area (Å²) in [6.45, 7) is 5.56. The van der Waals surface area contributed by atoms with Crippen LogP contribution in [0.4, 0.5) is 13.2 Å². The van der Waals surface area contributed by atoms with Crippen LogP contribution in [0.2, 0.25) is 0 Å². The first-order valence-electron chi connectivity index (χ1n) is 8.03. The van der Waals surface area contributed by atoms with Crippen molar-refractivity contribution >= 4 is 5.91 Å². The van der Waals surface area contributed by atoms with Crippen LogP contribution in [0.3, 0.4) is 0 Å². The molecule has 1 heterocycles. The van der Waals surface area contributed by atoms with Gasteiger partial charge in [-0.15, -0.1) is 0 Å². The summed E-state index contributed by atoms with van der Waals surface area (Å²) in [4.78, 5) is 11.9. The molecule has 7 heteroatoms. The maximum absolute atomic E-state index is 13.8. The molecule has 0 aromatic heterocycles. The number of hydrogen-bond donors (Lipinski definition) is 1. The number of amides is 1. The molecule has 0 aliphatic carbocycles. The van der Waals surface area contributed by atoms with Crippen molar-refractivity contribution in [1.29, 1.82) is 0 Å². The van der Waals surface area contributed by atoms with Crippen LogP contribution in [0.15, 0.2) is 24.3 Å². The van der Waals surface area contributed by atoms with E-state index in [4.69, 9.17) is 4.74 Å². The Morgan fingerprint density at radius 3 is 2.54 bits per heavy atom. The summed E-state index contributed by atoms with van der Waals surface area (Å²) < 4.78 is 46.8. The van der Waals surface area contributed by atoms with Crippen LogP contribution in [-0.2, 0) is 4.79 Å². The molecule has 1 amide bonds. The van der Waals surface area contributed by atoms with Gasteiger partial charge in [0.25, 0.3) is 0 Å². The molecule has 1 aliphatic heterocycles. The van der Waals surface area contributed by atoms with E-state index < -0.39 is 23.5 Å². The highest BCUT2D eigenvalue weighted by Crippen LogP contribution is 2.43. The normalized spacial score (nSPS) is 19.2. The van der Waals surface area contributed by atoms with Crippen molar-refractivity contribution in [3.8, 4) is 5.75 Å². The summed E-state index contributed by atoms with van der Waals surface area (Å²) in [5, 5.41) is 0.963. The Morgan fingerprint density at radius 2 is 2.00 bits per heavy atom. The van der Waals surface area contributed by atoms with E-state index in [2.05, 4.69) is 5.43 Å². The SMILES string of the molecule is CCCCOc1ccccc1C(N1CC(C)(C)C(=O)N1)C(F)(F)F. The highest BCUT2D eigenvalue weighted by molar-refractivity contribution is 5.83. The van der Waals surface area contributed by atoms with Crippen LogP contribution in [0.1, 0.15) is 45.2 Å². The number of benzene rings is 1. The minimum atomic E-state index is -4.54. The molecule has 0 radical (unpaired) electrons. The second-order valence-corrected chi connectivity index (χ2v) is 6.64. The van der Waals surface area contributed by atoms with Crippen LogP contribution in [-0.4, -0.2) is 30.2 Å². The second-order valence-electron chi connectivity index (χ2n) is 6.64. The van der Waals surface area contributed by atoms with Gasteiger partial charge in [-0.2, -0.15) is 13.2 Å². The molecule has 0 saturated carbocycles. The number of hydrogen-bond acceptors (Lipinski definition) is 3. The molecule has 0 bridgehead atoms. The Labute approximate surface area is 139 Å². The third-order valence-electron chi connectivity index (χ3n) is 4.02. The van der Waals surface area contributed by atoms with Gasteiger partial charge in [0.1, 0.15) is 5.75 Å². The van der Waals surface area contributed by atoms with Crippen molar-refractivity contribution < 1.29 is 22.7 Å². The molecular formula is C17H23F3N2O2. The van der Waals surface area contributed by atoms with E-state index in [1.165, 1.54) is 12.1 Å². The number of halogens is 3. The molecule has 134 valence electrons. The molecule has 1 saturated heterocycles. The van der Waals surface area contributed by atoms with Crippen molar-refractivity contribution in [2.24, 2.45) is 5.41 Å². The highest BCUT2D eigenvalue weighted by atomic mass is 19.4. The van der Waals surface area contributed by atoms with Crippen LogP contribution in [0.5, 0.6) is 5.75 Å². The van der Waals surface area contributed by atoms with E-state index in [1.54, 1.807) is 26.0 Å². The summed E-state index contributed by atoms with van der Waals surface area (Å²) in [6, 6.07) is 4.18. The van der Waals surface area contributed by atoms with Crippen molar-refractivity contribution in [1.82, 2.24) is 10.4 Å². The van der Waals surface area contributed by atoms with Crippen molar-refractivity contribution in [3.63, 3.8) is 0 Å². The van der Waals surface area contributed by atoms with Gasteiger partial charge in [0.05, 0.1) is 12.0 Å². The lowest BCUT2D eigenvalue weighted by atomic mass is 9.93. The fourth-order valence-electron chi connectivity index (χ4n) is 2.66. The zero-order chi connectivity index (χ0) is 18.0. The minimum Gasteiger partial charge on any atom is -0.493 e.